The van der Waals surface area contributed by atoms with Gasteiger partial charge in [-0.2, -0.15) is 0 Å². The summed E-state index contributed by atoms with van der Waals surface area (Å²) in [6.07, 6.45) is 5.23. The van der Waals surface area contributed by atoms with E-state index in [0.717, 1.165) is 0 Å². The van der Waals surface area contributed by atoms with Crippen molar-refractivity contribution < 1.29 is 28.6 Å². The minimum absolute atomic E-state index is 0.171. The van der Waals surface area contributed by atoms with Crippen LogP contribution in [0.25, 0.3) is 0 Å². The van der Waals surface area contributed by atoms with E-state index >= 15 is 0 Å². The smallest absolute Gasteiger partial charge is 0.329 e. The third kappa shape index (κ3) is 3.52. The van der Waals surface area contributed by atoms with Crippen LogP contribution in [0.3, 0.4) is 0 Å². The van der Waals surface area contributed by atoms with Crippen LogP contribution in [-0.4, -0.2) is 56.7 Å². The van der Waals surface area contributed by atoms with Crippen molar-refractivity contribution in [3.8, 4) is 0 Å². The molecule has 26 heavy (non-hydrogen) atoms. The zero-order valence-corrected chi connectivity index (χ0v) is 16.3. The molecule has 1 amide bonds. The van der Waals surface area contributed by atoms with Gasteiger partial charge in [-0.05, 0) is 0 Å². The monoisotopic (exact) mass is 377 g/mol. The molecule has 2 aliphatic heterocycles. The lowest BCUT2D eigenvalue weighted by molar-refractivity contribution is -0.151. The van der Waals surface area contributed by atoms with E-state index in [-0.39, 0.29) is 23.9 Å². The first-order valence-corrected chi connectivity index (χ1v) is 12.1. The molecule has 0 saturated carbocycles. The molecule has 3 rings (SSSR count). The summed E-state index contributed by atoms with van der Waals surface area (Å²) in [4.78, 5) is 36.1. The van der Waals surface area contributed by atoms with E-state index in [1.165, 1.54) is 19.3 Å². The maximum atomic E-state index is 12.3. The molecular weight excluding hydrogens is 354 g/mol. The summed E-state index contributed by atoms with van der Waals surface area (Å²) < 4.78 is 16.2. The van der Waals surface area contributed by atoms with Gasteiger partial charge in [0.05, 0.1) is 15.2 Å². The van der Waals surface area contributed by atoms with Crippen molar-refractivity contribution in [1.82, 2.24) is 5.32 Å². The molecule has 4 atom stereocenters. The molecule has 8 heteroatoms. The van der Waals surface area contributed by atoms with Crippen LogP contribution in [-0.2, 0) is 28.6 Å². The number of methoxy groups -OCH3 is 1. The largest absolute Gasteiger partial charge is 0.497 e. The van der Waals surface area contributed by atoms with Gasteiger partial charge in [0.1, 0.15) is 17.9 Å². The Morgan fingerprint density at radius 2 is 2.08 bits per heavy atom. The number of hydrogen-bond donors (Lipinski definition) is 1. The zero-order chi connectivity index (χ0) is 19.1. The number of rotatable bonds is 5. The van der Waals surface area contributed by atoms with E-state index in [0.29, 0.717) is 0 Å². The van der Waals surface area contributed by atoms with E-state index in [9.17, 15) is 14.4 Å². The van der Waals surface area contributed by atoms with Gasteiger partial charge in [0, 0.05) is 18.6 Å². The zero-order valence-electron chi connectivity index (χ0n) is 15.3. The van der Waals surface area contributed by atoms with Gasteiger partial charge < -0.3 is 19.5 Å². The average molecular weight is 377 g/mol. The van der Waals surface area contributed by atoms with Gasteiger partial charge in [-0.15, -0.1) is 0 Å². The summed E-state index contributed by atoms with van der Waals surface area (Å²) in [7, 11) is 0.0911. The van der Waals surface area contributed by atoms with Crippen LogP contribution in [0.5, 0.6) is 0 Å². The average Bonchev–Trinajstić information content (AvgIpc) is 3.29. The van der Waals surface area contributed by atoms with Gasteiger partial charge in [0.25, 0.3) is 0 Å². The minimum atomic E-state index is -1.32. The van der Waals surface area contributed by atoms with Gasteiger partial charge in [0.15, 0.2) is 11.9 Å². The lowest BCUT2D eigenvalue weighted by atomic mass is 9.85. The van der Waals surface area contributed by atoms with Gasteiger partial charge >= 0.3 is 5.97 Å². The van der Waals surface area contributed by atoms with Crippen LogP contribution >= 0.6 is 0 Å². The third-order valence-electron chi connectivity index (χ3n) is 4.49. The number of hydrogen-bond acceptors (Lipinski definition) is 6. The number of nitrogens with one attached hydrogen (secondary N) is 1. The second-order valence-electron chi connectivity index (χ2n) is 7.75. The molecule has 0 radical (unpaired) electrons. The molecule has 1 aliphatic carbocycles. The van der Waals surface area contributed by atoms with E-state index in [2.05, 4.69) is 30.7 Å². The Kier molecular flexibility index (Phi) is 4.66. The summed E-state index contributed by atoms with van der Waals surface area (Å²) in [6.45, 7) is 6.57. The summed E-state index contributed by atoms with van der Waals surface area (Å²) in [6, 6.07) is -0.815. The van der Waals surface area contributed by atoms with Crippen molar-refractivity contribution in [1.29, 1.82) is 0 Å². The minimum Gasteiger partial charge on any atom is -0.497 e. The highest BCUT2D eigenvalue weighted by Gasteiger charge is 2.69. The van der Waals surface area contributed by atoms with Gasteiger partial charge in [0.2, 0.25) is 11.5 Å². The first-order chi connectivity index (χ1) is 12.2. The molecule has 1 spiro atoms. The number of carbonyl (C=O) groups is 3. The van der Waals surface area contributed by atoms with Crippen molar-refractivity contribution in [3.63, 3.8) is 0 Å². The fourth-order valence-corrected chi connectivity index (χ4v) is 3.90. The van der Waals surface area contributed by atoms with E-state index in [1.807, 2.05) is 6.08 Å². The lowest BCUT2D eigenvalue weighted by Gasteiger charge is -2.29. The maximum Gasteiger partial charge on any atom is 0.329 e. The second kappa shape index (κ2) is 6.51. The van der Waals surface area contributed by atoms with E-state index in [4.69, 9.17) is 14.2 Å². The number of amides is 1. The van der Waals surface area contributed by atoms with Crippen molar-refractivity contribution in [2.75, 3.05) is 7.11 Å². The molecule has 0 bridgehead atoms. The molecule has 2 heterocycles. The van der Waals surface area contributed by atoms with Crippen LogP contribution in [0, 0.1) is 0 Å². The number of fused-ring (bicyclic) bond motifs is 2. The molecule has 3 aliphatic rings. The fourth-order valence-electron chi connectivity index (χ4n) is 3.21. The molecule has 0 unspecified atom stereocenters. The Bertz CT molecular complexity index is 734. The molecule has 1 N–H and O–H groups in total. The molecule has 140 valence electrons. The maximum absolute atomic E-state index is 12.3. The molecule has 2 fully saturated rings. The second-order valence-corrected chi connectivity index (χ2v) is 12.8. The van der Waals surface area contributed by atoms with Crippen LogP contribution in [0.2, 0.25) is 19.6 Å². The van der Waals surface area contributed by atoms with Crippen molar-refractivity contribution in [2.45, 2.75) is 49.9 Å². The molecule has 0 aromatic rings. The topological polar surface area (TPSA) is 94.2 Å². The number of esters is 1. The first-order valence-electron chi connectivity index (χ1n) is 8.51. The van der Waals surface area contributed by atoms with Crippen LogP contribution < -0.4 is 5.32 Å². The molecule has 2 saturated heterocycles. The Morgan fingerprint density at radius 1 is 1.35 bits per heavy atom. The van der Waals surface area contributed by atoms with Crippen LogP contribution in [0.15, 0.2) is 35.8 Å². The summed E-state index contributed by atoms with van der Waals surface area (Å²) in [5.74, 6) is -0.874. The Balaban J connectivity index is 1.66. The predicted molar refractivity (Wildman–Crippen MR) is 95.8 cm³/mol. The van der Waals surface area contributed by atoms with E-state index in [1.54, 1.807) is 6.08 Å². The van der Waals surface area contributed by atoms with Gasteiger partial charge in [-0.1, -0.05) is 37.5 Å². The number of ether oxygens (including phenoxy) is 3. The molecule has 7 nitrogen and oxygen atoms in total. The Hall–Kier alpha value is -2.19. The lowest BCUT2D eigenvalue weighted by Crippen LogP contribution is -2.44. The molecule has 0 aromatic heterocycles. The first kappa shape index (κ1) is 18.6. The standard InChI is InChI=1S/C18H23NO6Si/c1-23-13-9-12(20)15-16(24-15)18(13)10-11(17(22)25-18)19-14(21)7-5-6-8-26(2,3)4/h5-9,11,15-16H,10H2,1-4H3,(H,19,21)/b7-5+,8-6+/t11-,15+,16+,18+/m0/s1. The SMILES string of the molecule is COC1=CC(=O)[C@H]2O[C@H]2[C@@]12C[C@H](NC(=O)/C=C/C=C/[Si](C)(C)C)C(=O)O2. The summed E-state index contributed by atoms with van der Waals surface area (Å²) in [5.41, 5.74) is 0.971. The van der Waals surface area contributed by atoms with E-state index < -0.39 is 37.9 Å². The van der Waals surface area contributed by atoms with Crippen molar-refractivity contribution in [2.24, 2.45) is 0 Å². The highest BCUT2D eigenvalue weighted by Crippen LogP contribution is 2.49. The Morgan fingerprint density at radius 3 is 2.73 bits per heavy atom. The van der Waals surface area contributed by atoms with Gasteiger partial charge in [-0.25, -0.2) is 4.79 Å². The third-order valence-corrected chi connectivity index (χ3v) is 5.68. The highest BCUT2D eigenvalue weighted by atomic mass is 28.3. The fraction of sp³-hybridized carbons (Fsp3) is 0.500. The van der Waals surface area contributed by atoms with Crippen LogP contribution in [0.1, 0.15) is 6.42 Å². The summed E-state index contributed by atoms with van der Waals surface area (Å²) >= 11 is 0. The van der Waals surface area contributed by atoms with Gasteiger partial charge in [-0.3, -0.25) is 9.59 Å². The quantitative estimate of drug-likeness (QED) is 0.253. The summed E-state index contributed by atoms with van der Waals surface area (Å²) in [5, 5.41) is 2.65. The number of ketones is 1. The van der Waals surface area contributed by atoms with Crippen molar-refractivity contribution in [3.05, 3.63) is 35.8 Å². The predicted octanol–water partition coefficient (Wildman–Crippen LogP) is 1.03. The number of allylic oxidation sites excluding steroid dienone is 2. The molecular formula is C18H23NO6Si. The number of epoxide rings is 1. The van der Waals surface area contributed by atoms with Crippen LogP contribution in [0.4, 0.5) is 0 Å². The normalized spacial score (nSPS) is 33.4. The number of carbonyl (C=O) groups excluding carboxylic acids is 3. The van der Waals surface area contributed by atoms with Crippen molar-refractivity contribution >= 4 is 25.7 Å². The Labute approximate surface area is 153 Å². The molecule has 0 aromatic carbocycles. The highest BCUT2D eigenvalue weighted by molar-refractivity contribution is 6.81.